The summed E-state index contributed by atoms with van der Waals surface area (Å²) in [7, 11) is 1.45. The molecule has 0 bridgehead atoms. The van der Waals surface area contributed by atoms with E-state index >= 15 is 0 Å². The molecule has 1 amide bonds. The number of carbonyl (C=O) groups excluding carboxylic acids is 1. The second-order valence-electron chi connectivity index (χ2n) is 4.57. The van der Waals surface area contributed by atoms with Gasteiger partial charge < -0.3 is 14.9 Å². The number of hydrogen-bond donors (Lipinski definition) is 3. The zero-order valence-corrected chi connectivity index (χ0v) is 12.0. The number of amides is 1. The molecule has 0 aliphatic heterocycles. The van der Waals surface area contributed by atoms with Crippen LogP contribution in [0.4, 0.5) is 0 Å². The van der Waals surface area contributed by atoms with Crippen LogP contribution in [0.2, 0.25) is 0 Å². The van der Waals surface area contributed by atoms with Gasteiger partial charge in [-0.3, -0.25) is 4.79 Å². The number of methoxy groups -OCH3 is 1. The van der Waals surface area contributed by atoms with Crippen LogP contribution in [0.1, 0.15) is 11.1 Å². The van der Waals surface area contributed by atoms with Crippen molar-refractivity contribution in [3.05, 3.63) is 53.6 Å². The summed E-state index contributed by atoms with van der Waals surface area (Å²) in [6.45, 7) is 0. The number of nitrogens with one attached hydrogen (secondary N) is 1. The Bertz CT molecular complexity index is 681. The monoisotopic (exact) mass is 300 g/mol. The molecule has 0 heterocycles. The van der Waals surface area contributed by atoms with E-state index in [1.165, 1.54) is 31.5 Å². The van der Waals surface area contributed by atoms with E-state index in [0.29, 0.717) is 11.3 Å². The van der Waals surface area contributed by atoms with Crippen molar-refractivity contribution >= 4 is 12.1 Å². The van der Waals surface area contributed by atoms with Crippen molar-refractivity contribution < 1.29 is 19.7 Å². The maximum Gasteiger partial charge on any atom is 0.244 e. The highest BCUT2D eigenvalue weighted by molar-refractivity contribution is 5.84. The summed E-state index contributed by atoms with van der Waals surface area (Å²) < 4.78 is 4.98. The molecule has 0 aliphatic carbocycles. The van der Waals surface area contributed by atoms with Gasteiger partial charge in [-0.2, -0.15) is 5.10 Å². The van der Waals surface area contributed by atoms with Gasteiger partial charge in [0, 0.05) is 0 Å². The molecule has 114 valence electrons. The summed E-state index contributed by atoms with van der Waals surface area (Å²) >= 11 is 0. The van der Waals surface area contributed by atoms with Crippen molar-refractivity contribution in [3.63, 3.8) is 0 Å². The first-order valence-electron chi connectivity index (χ1n) is 6.55. The Morgan fingerprint density at radius 2 is 1.95 bits per heavy atom. The third kappa shape index (κ3) is 4.24. The van der Waals surface area contributed by atoms with E-state index in [1.807, 2.05) is 0 Å². The van der Waals surface area contributed by atoms with Gasteiger partial charge in [0.15, 0.2) is 11.5 Å². The Balaban J connectivity index is 1.91. The summed E-state index contributed by atoms with van der Waals surface area (Å²) in [5.41, 5.74) is 3.87. The van der Waals surface area contributed by atoms with Crippen LogP contribution in [0.25, 0.3) is 0 Å². The maximum atomic E-state index is 11.7. The average Bonchev–Trinajstić information content (AvgIpc) is 2.51. The zero-order valence-electron chi connectivity index (χ0n) is 12.0. The molecule has 6 nitrogen and oxygen atoms in total. The molecule has 0 aromatic heterocycles. The average molecular weight is 300 g/mol. The molecule has 0 spiro atoms. The Labute approximate surface area is 127 Å². The molecule has 0 radical (unpaired) electrons. The van der Waals surface area contributed by atoms with Crippen LogP contribution in [0.3, 0.4) is 0 Å². The molecule has 22 heavy (non-hydrogen) atoms. The van der Waals surface area contributed by atoms with Gasteiger partial charge in [-0.15, -0.1) is 0 Å². The SMILES string of the molecule is COc1cc(/C=N\NC(=O)Cc2ccc(O)cc2)ccc1O. The highest BCUT2D eigenvalue weighted by Crippen LogP contribution is 2.25. The smallest absolute Gasteiger partial charge is 0.244 e. The minimum Gasteiger partial charge on any atom is -0.508 e. The van der Waals surface area contributed by atoms with E-state index < -0.39 is 0 Å². The quantitative estimate of drug-likeness (QED) is 0.580. The molecule has 0 saturated carbocycles. The number of carbonyl (C=O) groups is 1. The summed E-state index contributed by atoms with van der Waals surface area (Å²) in [6, 6.07) is 11.1. The molecule has 2 rings (SSSR count). The summed E-state index contributed by atoms with van der Waals surface area (Å²) in [5.74, 6) is 0.256. The van der Waals surface area contributed by atoms with E-state index in [9.17, 15) is 9.90 Å². The summed E-state index contributed by atoms with van der Waals surface area (Å²) in [6.07, 6.45) is 1.62. The van der Waals surface area contributed by atoms with Gasteiger partial charge in [-0.05, 0) is 41.5 Å². The van der Waals surface area contributed by atoms with Crippen molar-refractivity contribution in [3.8, 4) is 17.2 Å². The Kier molecular flexibility index (Phi) is 4.98. The number of ether oxygens (including phenoxy) is 1. The first-order valence-corrected chi connectivity index (χ1v) is 6.55. The third-order valence-corrected chi connectivity index (χ3v) is 2.91. The summed E-state index contributed by atoms with van der Waals surface area (Å²) in [5, 5.41) is 22.5. The number of nitrogens with zero attached hydrogens (tertiary/aromatic N) is 1. The van der Waals surface area contributed by atoms with Crippen LogP contribution in [0.5, 0.6) is 17.2 Å². The first kappa shape index (κ1) is 15.4. The Morgan fingerprint density at radius 3 is 2.64 bits per heavy atom. The van der Waals surface area contributed by atoms with Crippen molar-refractivity contribution in [1.82, 2.24) is 5.43 Å². The predicted molar refractivity (Wildman–Crippen MR) is 82.2 cm³/mol. The third-order valence-electron chi connectivity index (χ3n) is 2.91. The largest absolute Gasteiger partial charge is 0.508 e. The van der Waals surface area contributed by atoms with E-state index in [1.54, 1.807) is 24.3 Å². The fraction of sp³-hybridized carbons (Fsp3) is 0.125. The molecule has 0 atom stereocenters. The van der Waals surface area contributed by atoms with Crippen LogP contribution >= 0.6 is 0 Å². The normalized spacial score (nSPS) is 10.6. The minimum atomic E-state index is -0.271. The Morgan fingerprint density at radius 1 is 1.23 bits per heavy atom. The Hall–Kier alpha value is -3.02. The molecule has 3 N–H and O–H groups in total. The number of hydrogen-bond acceptors (Lipinski definition) is 5. The number of benzene rings is 2. The van der Waals surface area contributed by atoms with Crippen LogP contribution in [-0.2, 0) is 11.2 Å². The van der Waals surface area contributed by atoms with Gasteiger partial charge in [0.25, 0.3) is 0 Å². The molecular weight excluding hydrogens is 284 g/mol. The summed E-state index contributed by atoms with van der Waals surface area (Å²) in [4.78, 5) is 11.7. The number of rotatable bonds is 5. The van der Waals surface area contributed by atoms with Gasteiger partial charge in [-0.1, -0.05) is 12.1 Å². The van der Waals surface area contributed by atoms with Gasteiger partial charge in [0.1, 0.15) is 5.75 Å². The molecule has 0 fully saturated rings. The first-order chi connectivity index (χ1) is 10.6. The molecule has 2 aromatic rings. The number of phenols is 2. The van der Waals surface area contributed by atoms with Crippen LogP contribution in [0, 0.1) is 0 Å². The lowest BCUT2D eigenvalue weighted by Crippen LogP contribution is -2.19. The lowest BCUT2D eigenvalue weighted by atomic mass is 10.1. The fourth-order valence-corrected chi connectivity index (χ4v) is 1.79. The van der Waals surface area contributed by atoms with Gasteiger partial charge >= 0.3 is 0 Å². The van der Waals surface area contributed by atoms with E-state index in [4.69, 9.17) is 9.84 Å². The van der Waals surface area contributed by atoms with Crippen molar-refractivity contribution in [2.24, 2.45) is 5.10 Å². The lowest BCUT2D eigenvalue weighted by molar-refractivity contribution is -0.120. The van der Waals surface area contributed by atoms with Crippen molar-refractivity contribution in [2.75, 3.05) is 7.11 Å². The zero-order chi connectivity index (χ0) is 15.9. The molecule has 0 unspecified atom stereocenters. The molecule has 0 saturated heterocycles. The molecule has 2 aromatic carbocycles. The topological polar surface area (TPSA) is 91.2 Å². The number of phenolic OH excluding ortho intramolecular Hbond substituents is 2. The van der Waals surface area contributed by atoms with Crippen molar-refractivity contribution in [2.45, 2.75) is 6.42 Å². The van der Waals surface area contributed by atoms with Crippen LogP contribution < -0.4 is 10.2 Å². The lowest BCUT2D eigenvalue weighted by Gasteiger charge is -2.03. The number of hydrazone groups is 1. The second kappa shape index (κ2) is 7.12. The predicted octanol–water partition coefficient (Wildman–Crippen LogP) is 1.80. The van der Waals surface area contributed by atoms with E-state index in [-0.39, 0.29) is 23.8 Å². The standard InChI is InChI=1S/C16H16N2O4/c1-22-15-8-12(4-7-14(15)20)10-17-18-16(21)9-11-2-5-13(19)6-3-11/h2-8,10,19-20H,9H2,1H3,(H,18,21)/b17-10-. The van der Waals surface area contributed by atoms with Crippen LogP contribution in [0.15, 0.2) is 47.6 Å². The van der Waals surface area contributed by atoms with Gasteiger partial charge in [0.05, 0.1) is 19.7 Å². The van der Waals surface area contributed by atoms with Gasteiger partial charge in [-0.25, -0.2) is 5.43 Å². The molecule has 6 heteroatoms. The maximum absolute atomic E-state index is 11.7. The molecular formula is C16H16N2O4. The van der Waals surface area contributed by atoms with E-state index in [2.05, 4.69) is 10.5 Å². The highest BCUT2D eigenvalue weighted by Gasteiger charge is 2.03. The second-order valence-corrected chi connectivity index (χ2v) is 4.57. The van der Waals surface area contributed by atoms with Gasteiger partial charge in [0.2, 0.25) is 5.91 Å². The molecule has 0 aliphatic rings. The highest BCUT2D eigenvalue weighted by atomic mass is 16.5. The van der Waals surface area contributed by atoms with Crippen molar-refractivity contribution in [1.29, 1.82) is 0 Å². The van der Waals surface area contributed by atoms with Crippen LogP contribution in [-0.4, -0.2) is 29.4 Å². The van der Waals surface area contributed by atoms with E-state index in [0.717, 1.165) is 5.56 Å². The number of aromatic hydroxyl groups is 2. The fourth-order valence-electron chi connectivity index (χ4n) is 1.79. The minimum absolute atomic E-state index is 0.0380.